The number of nitrogens with two attached hydrogens (primary N) is 1. The molecule has 1 atom stereocenters. The Labute approximate surface area is 109 Å². The maximum Gasteiger partial charge on any atom is 0.130 e. The third kappa shape index (κ3) is 2.66. The van der Waals surface area contributed by atoms with Crippen LogP contribution in [0.4, 0.5) is 10.1 Å². The summed E-state index contributed by atoms with van der Waals surface area (Å²) in [5.41, 5.74) is 7.55. The fraction of sp³-hybridized carbons (Fsp3) is 0.600. The van der Waals surface area contributed by atoms with E-state index in [0.29, 0.717) is 5.56 Å². The van der Waals surface area contributed by atoms with Gasteiger partial charge in [0.15, 0.2) is 0 Å². The van der Waals surface area contributed by atoms with Gasteiger partial charge >= 0.3 is 0 Å². The average Bonchev–Trinajstić information content (AvgIpc) is 2.38. The number of hydrogen-bond acceptors (Lipinski definition) is 2. The first-order valence-corrected chi connectivity index (χ1v) is 6.92. The lowest BCUT2D eigenvalue weighted by Crippen LogP contribution is -2.34. The van der Waals surface area contributed by atoms with E-state index in [1.165, 1.54) is 25.3 Å². The highest BCUT2D eigenvalue weighted by molar-refractivity contribution is 5.55. The van der Waals surface area contributed by atoms with Crippen LogP contribution in [0.25, 0.3) is 0 Å². The summed E-state index contributed by atoms with van der Waals surface area (Å²) in [6, 6.07) is 5.02. The van der Waals surface area contributed by atoms with Crippen molar-refractivity contribution in [2.24, 2.45) is 11.7 Å². The Morgan fingerprint density at radius 3 is 2.61 bits per heavy atom. The first-order chi connectivity index (χ1) is 8.63. The van der Waals surface area contributed by atoms with Gasteiger partial charge in [0, 0.05) is 30.4 Å². The molecule has 1 aromatic rings. The van der Waals surface area contributed by atoms with Crippen LogP contribution in [0, 0.1) is 11.7 Å². The highest BCUT2D eigenvalue weighted by Crippen LogP contribution is 2.31. The molecule has 1 fully saturated rings. The van der Waals surface area contributed by atoms with E-state index in [1.54, 1.807) is 6.07 Å². The fourth-order valence-corrected chi connectivity index (χ4v) is 2.83. The predicted molar refractivity (Wildman–Crippen MR) is 74.2 cm³/mol. The largest absolute Gasteiger partial charge is 0.371 e. The van der Waals surface area contributed by atoms with E-state index in [9.17, 15) is 4.39 Å². The number of anilines is 1. The lowest BCUT2D eigenvalue weighted by atomic mass is 9.93. The number of rotatable bonds is 3. The number of benzene rings is 1. The molecule has 1 aliphatic rings. The van der Waals surface area contributed by atoms with Gasteiger partial charge in [-0.15, -0.1) is 0 Å². The Morgan fingerprint density at radius 1 is 1.39 bits per heavy atom. The molecule has 1 aliphatic heterocycles. The van der Waals surface area contributed by atoms with Gasteiger partial charge in [0.2, 0.25) is 0 Å². The van der Waals surface area contributed by atoms with Crippen LogP contribution in [0.3, 0.4) is 0 Å². The van der Waals surface area contributed by atoms with Crippen molar-refractivity contribution >= 4 is 5.69 Å². The van der Waals surface area contributed by atoms with Gasteiger partial charge in [-0.1, -0.05) is 19.4 Å². The molecule has 0 bridgehead atoms. The molecule has 1 aromatic carbocycles. The average molecular weight is 250 g/mol. The van der Waals surface area contributed by atoms with Gasteiger partial charge in [-0.2, -0.15) is 0 Å². The van der Waals surface area contributed by atoms with Crippen molar-refractivity contribution in [3.8, 4) is 0 Å². The third-order valence-corrected chi connectivity index (χ3v) is 4.02. The first-order valence-electron chi connectivity index (χ1n) is 6.92. The number of nitrogens with zero attached hydrogens (tertiary/aromatic N) is 1. The second-order valence-corrected chi connectivity index (χ2v) is 5.30. The lowest BCUT2D eigenvalue weighted by Gasteiger charge is -2.35. The van der Waals surface area contributed by atoms with Crippen molar-refractivity contribution in [1.82, 2.24) is 0 Å². The van der Waals surface area contributed by atoms with Gasteiger partial charge < -0.3 is 10.6 Å². The molecule has 0 aliphatic carbocycles. The van der Waals surface area contributed by atoms with Gasteiger partial charge in [-0.3, -0.25) is 0 Å². The summed E-state index contributed by atoms with van der Waals surface area (Å²) in [4.78, 5) is 2.29. The zero-order valence-corrected chi connectivity index (χ0v) is 11.3. The SMILES string of the molecule is CCC1CCN(c2cccc(F)c2[C@@H](C)N)CC1. The summed E-state index contributed by atoms with van der Waals surface area (Å²) in [7, 11) is 0. The molecule has 1 heterocycles. The van der Waals surface area contributed by atoms with E-state index in [2.05, 4.69) is 11.8 Å². The van der Waals surface area contributed by atoms with Crippen molar-refractivity contribution in [3.63, 3.8) is 0 Å². The Bertz CT molecular complexity index is 395. The summed E-state index contributed by atoms with van der Waals surface area (Å²) < 4.78 is 13.9. The molecule has 2 N–H and O–H groups in total. The number of hydrogen-bond donors (Lipinski definition) is 1. The Balaban J connectivity index is 2.21. The van der Waals surface area contributed by atoms with Crippen molar-refractivity contribution in [2.45, 2.75) is 39.2 Å². The topological polar surface area (TPSA) is 29.3 Å². The summed E-state index contributed by atoms with van der Waals surface area (Å²) in [6.07, 6.45) is 3.65. The molecule has 1 saturated heterocycles. The molecule has 18 heavy (non-hydrogen) atoms. The van der Waals surface area contributed by atoms with E-state index >= 15 is 0 Å². The molecule has 3 heteroatoms. The van der Waals surface area contributed by atoms with E-state index in [-0.39, 0.29) is 11.9 Å². The normalized spacial score (nSPS) is 19.0. The molecule has 0 saturated carbocycles. The van der Waals surface area contributed by atoms with Crippen LogP contribution in [0.2, 0.25) is 0 Å². The standard InChI is InChI=1S/C15H23FN2/c1-3-12-7-9-18(10-8-12)14-6-4-5-13(16)15(14)11(2)17/h4-6,11-12H,3,7-10,17H2,1-2H3/t11-/m1/s1. The van der Waals surface area contributed by atoms with E-state index in [1.807, 2.05) is 13.0 Å². The molecule has 2 rings (SSSR count). The van der Waals surface area contributed by atoms with E-state index in [4.69, 9.17) is 5.73 Å². The second kappa shape index (κ2) is 5.70. The van der Waals surface area contributed by atoms with Crippen molar-refractivity contribution < 1.29 is 4.39 Å². The molecule has 0 aromatic heterocycles. The second-order valence-electron chi connectivity index (χ2n) is 5.30. The third-order valence-electron chi connectivity index (χ3n) is 4.02. The predicted octanol–water partition coefficient (Wildman–Crippen LogP) is 3.47. The number of piperidine rings is 1. The van der Waals surface area contributed by atoms with Crippen LogP contribution in [-0.2, 0) is 0 Å². The highest BCUT2D eigenvalue weighted by atomic mass is 19.1. The summed E-state index contributed by atoms with van der Waals surface area (Å²) >= 11 is 0. The molecule has 2 nitrogen and oxygen atoms in total. The lowest BCUT2D eigenvalue weighted by molar-refractivity contribution is 0.394. The van der Waals surface area contributed by atoms with Crippen LogP contribution < -0.4 is 10.6 Å². The van der Waals surface area contributed by atoms with Crippen molar-refractivity contribution in [1.29, 1.82) is 0 Å². The van der Waals surface area contributed by atoms with E-state index in [0.717, 1.165) is 24.7 Å². The van der Waals surface area contributed by atoms with Gasteiger partial charge in [0.1, 0.15) is 5.82 Å². The minimum absolute atomic E-state index is 0.180. The van der Waals surface area contributed by atoms with Crippen molar-refractivity contribution in [3.05, 3.63) is 29.6 Å². The molecule has 100 valence electrons. The molecule has 0 unspecified atom stereocenters. The smallest absolute Gasteiger partial charge is 0.130 e. The Hall–Kier alpha value is -1.09. The van der Waals surface area contributed by atoms with E-state index < -0.39 is 0 Å². The minimum Gasteiger partial charge on any atom is -0.371 e. The quantitative estimate of drug-likeness (QED) is 0.890. The van der Waals surface area contributed by atoms with Gasteiger partial charge in [0.05, 0.1) is 0 Å². The maximum absolute atomic E-state index is 13.9. The van der Waals surface area contributed by atoms with Gasteiger partial charge in [-0.05, 0) is 37.8 Å². The fourth-order valence-electron chi connectivity index (χ4n) is 2.83. The highest BCUT2D eigenvalue weighted by Gasteiger charge is 2.22. The zero-order valence-electron chi connectivity index (χ0n) is 11.3. The Kier molecular flexibility index (Phi) is 4.23. The number of halogens is 1. The van der Waals surface area contributed by atoms with Crippen LogP contribution in [-0.4, -0.2) is 13.1 Å². The van der Waals surface area contributed by atoms with Crippen LogP contribution >= 0.6 is 0 Å². The molecular weight excluding hydrogens is 227 g/mol. The van der Waals surface area contributed by atoms with Gasteiger partial charge in [-0.25, -0.2) is 4.39 Å². The van der Waals surface area contributed by atoms with Gasteiger partial charge in [0.25, 0.3) is 0 Å². The summed E-state index contributed by atoms with van der Waals surface area (Å²) in [5, 5.41) is 0. The van der Waals surface area contributed by atoms with Crippen molar-refractivity contribution in [2.75, 3.05) is 18.0 Å². The zero-order chi connectivity index (χ0) is 13.1. The summed E-state index contributed by atoms with van der Waals surface area (Å²) in [5.74, 6) is 0.647. The summed E-state index contributed by atoms with van der Waals surface area (Å²) in [6.45, 7) is 6.12. The van der Waals surface area contributed by atoms with Crippen LogP contribution in [0.5, 0.6) is 0 Å². The minimum atomic E-state index is -0.259. The monoisotopic (exact) mass is 250 g/mol. The molecule has 0 amide bonds. The van der Waals surface area contributed by atoms with Crippen LogP contribution in [0.15, 0.2) is 18.2 Å². The molecular formula is C15H23FN2. The molecule has 0 radical (unpaired) electrons. The maximum atomic E-state index is 13.9. The Morgan fingerprint density at radius 2 is 2.06 bits per heavy atom. The van der Waals surface area contributed by atoms with Crippen LogP contribution in [0.1, 0.15) is 44.7 Å². The molecule has 0 spiro atoms. The first kappa shape index (κ1) is 13.3.